The molecule has 2 aromatic rings. The van der Waals surface area contributed by atoms with Crippen molar-refractivity contribution in [2.75, 3.05) is 5.32 Å². The van der Waals surface area contributed by atoms with Gasteiger partial charge < -0.3 is 4.74 Å². The normalized spacial score (nSPS) is 12.8. The van der Waals surface area contributed by atoms with Crippen LogP contribution in [0.5, 0.6) is 5.75 Å². The lowest BCUT2D eigenvalue weighted by Gasteiger charge is -2.14. The maximum atomic E-state index is 12.4. The molecule has 1 amide bonds. The molecule has 2 rings (SSSR count). The van der Waals surface area contributed by atoms with Gasteiger partial charge in [0.25, 0.3) is 5.91 Å². The first-order chi connectivity index (χ1) is 10.7. The lowest BCUT2D eigenvalue weighted by atomic mass is 10.3. The van der Waals surface area contributed by atoms with Crippen LogP contribution in [0.3, 0.4) is 0 Å². The lowest BCUT2D eigenvalue weighted by molar-refractivity contribution is -0.138. The number of nitrogens with one attached hydrogen (secondary N) is 1. The summed E-state index contributed by atoms with van der Waals surface area (Å²) in [4.78, 5) is 11.9. The molecule has 0 saturated carbocycles. The summed E-state index contributed by atoms with van der Waals surface area (Å²) in [5.74, 6) is -0.479. The number of rotatable bonds is 4. The third-order valence-corrected chi connectivity index (χ3v) is 3.88. The van der Waals surface area contributed by atoms with E-state index in [0.29, 0.717) is 5.02 Å². The van der Waals surface area contributed by atoms with Crippen molar-refractivity contribution in [3.63, 3.8) is 0 Å². The van der Waals surface area contributed by atoms with E-state index in [1.807, 2.05) is 0 Å². The molecule has 124 valence electrons. The molecule has 23 heavy (non-hydrogen) atoms. The van der Waals surface area contributed by atoms with Crippen LogP contribution in [0.15, 0.2) is 18.2 Å². The van der Waals surface area contributed by atoms with Gasteiger partial charge in [0.15, 0.2) is 6.10 Å². The van der Waals surface area contributed by atoms with Gasteiger partial charge >= 0.3 is 6.18 Å². The molecule has 0 aliphatic carbocycles. The van der Waals surface area contributed by atoms with Gasteiger partial charge in [0.2, 0.25) is 10.1 Å². The summed E-state index contributed by atoms with van der Waals surface area (Å²) in [5, 5.41) is 7.58. The Balaban J connectivity index is 2.01. The lowest BCUT2D eigenvalue weighted by Crippen LogP contribution is -2.30. The van der Waals surface area contributed by atoms with Crippen molar-refractivity contribution in [3.05, 3.63) is 33.3 Å². The fourth-order valence-corrected chi connectivity index (χ4v) is 2.48. The van der Waals surface area contributed by atoms with Crippen LogP contribution in [0.2, 0.25) is 10.0 Å². The van der Waals surface area contributed by atoms with Crippen molar-refractivity contribution in [1.29, 1.82) is 0 Å². The summed E-state index contributed by atoms with van der Waals surface area (Å²) in [7, 11) is 0. The maximum absolute atomic E-state index is 12.4. The number of halogens is 5. The smallest absolute Gasteiger partial charge is 0.445 e. The van der Waals surface area contributed by atoms with E-state index in [0.717, 1.165) is 0 Å². The van der Waals surface area contributed by atoms with Crippen LogP contribution in [-0.2, 0) is 11.0 Å². The Hall–Kier alpha value is -1.58. The molecule has 1 aromatic carbocycles. The Morgan fingerprint density at radius 3 is 2.61 bits per heavy atom. The molecule has 1 heterocycles. The van der Waals surface area contributed by atoms with Gasteiger partial charge in [-0.1, -0.05) is 34.5 Å². The average Bonchev–Trinajstić information content (AvgIpc) is 2.90. The number of alkyl halides is 3. The molecule has 1 atom stereocenters. The minimum atomic E-state index is -4.61. The van der Waals surface area contributed by atoms with E-state index < -0.39 is 23.2 Å². The second kappa shape index (κ2) is 6.90. The Morgan fingerprint density at radius 2 is 2.04 bits per heavy atom. The maximum Gasteiger partial charge on any atom is 0.445 e. The quantitative estimate of drug-likeness (QED) is 0.853. The number of ether oxygens (including phenoxy) is 1. The predicted molar refractivity (Wildman–Crippen MR) is 80.1 cm³/mol. The van der Waals surface area contributed by atoms with Gasteiger partial charge in [-0.3, -0.25) is 10.1 Å². The largest absolute Gasteiger partial charge is 0.479 e. The highest BCUT2D eigenvalue weighted by Crippen LogP contribution is 2.33. The Morgan fingerprint density at radius 1 is 1.35 bits per heavy atom. The Bertz CT molecular complexity index is 724. The number of carbonyl (C=O) groups is 1. The Labute approximate surface area is 142 Å². The van der Waals surface area contributed by atoms with Crippen LogP contribution < -0.4 is 10.1 Å². The molecule has 0 saturated heterocycles. The standard InChI is InChI=1S/C12H8Cl2F3N3O2S/c1-5(22-8-3-2-6(13)4-7(8)14)9(21)18-11-20-19-10(23-11)12(15,16)17/h2-5H,1H3,(H,18,20,21)/t5-/m1/s1. The molecule has 0 bridgehead atoms. The van der Waals surface area contributed by atoms with E-state index in [1.165, 1.54) is 25.1 Å². The summed E-state index contributed by atoms with van der Waals surface area (Å²) in [6.45, 7) is 1.41. The molecule has 0 fully saturated rings. The van der Waals surface area contributed by atoms with Gasteiger partial charge in [-0.25, -0.2) is 0 Å². The topological polar surface area (TPSA) is 64.1 Å². The first-order valence-electron chi connectivity index (χ1n) is 6.00. The number of aromatic nitrogens is 2. The molecule has 1 N–H and O–H groups in total. The molecule has 5 nitrogen and oxygen atoms in total. The Kier molecular flexibility index (Phi) is 5.33. The summed E-state index contributed by atoms with van der Waals surface area (Å²) < 4.78 is 42.6. The van der Waals surface area contributed by atoms with Gasteiger partial charge in [-0.05, 0) is 25.1 Å². The van der Waals surface area contributed by atoms with E-state index in [2.05, 4.69) is 15.5 Å². The minimum Gasteiger partial charge on any atom is -0.479 e. The highest BCUT2D eigenvalue weighted by Gasteiger charge is 2.36. The fourth-order valence-electron chi connectivity index (χ4n) is 1.41. The monoisotopic (exact) mass is 385 g/mol. The van der Waals surface area contributed by atoms with Crippen molar-refractivity contribution >= 4 is 45.6 Å². The van der Waals surface area contributed by atoms with Gasteiger partial charge in [0.1, 0.15) is 5.75 Å². The van der Waals surface area contributed by atoms with Crippen LogP contribution >= 0.6 is 34.5 Å². The van der Waals surface area contributed by atoms with Gasteiger partial charge in [0, 0.05) is 5.02 Å². The van der Waals surface area contributed by atoms with Gasteiger partial charge in [-0.2, -0.15) is 13.2 Å². The van der Waals surface area contributed by atoms with Crippen LogP contribution in [0.25, 0.3) is 0 Å². The van der Waals surface area contributed by atoms with Crippen molar-refractivity contribution in [2.45, 2.75) is 19.2 Å². The highest BCUT2D eigenvalue weighted by atomic mass is 35.5. The van der Waals surface area contributed by atoms with Crippen molar-refractivity contribution in [3.8, 4) is 5.75 Å². The van der Waals surface area contributed by atoms with Crippen molar-refractivity contribution in [2.24, 2.45) is 0 Å². The molecular formula is C12H8Cl2F3N3O2S. The van der Waals surface area contributed by atoms with E-state index in [1.54, 1.807) is 0 Å². The minimum absolute atomic E-state index is 0.201. The van der Waals surface area contributed by atoms with Crippen LogP contribution in [0, 0.1) is 0 Å². The number of amides is 1. The van der Waals surface area contributed by atoms with E-state index >= 15 is 0 Å². The molecule has 0 radical (unpaired) electrons. The van der Waals surface area contributed by atoms with Crippen LogP contribution in [0.4, 0.5) is 18.3 Å². The summed E-state index contributed by atoms with van der Waals surface area (Å²) >= 11 is 11.9. The van der Waals surface area contributed by atoms with E-state index in [9.17, 15) is 18.0 Å². The van der Waals surface area contributed by atoms with Crippen molar-refractivity contribution in [1.82, 2.24) is 10.2 Å². The van der Waals surface area contributed by atoms with E-state index in [4.69, 9.17) is 27.9 Å². The molecule has 0 unspecified atom stereocenters. The number of hydrogen-bond donors (Lipinski definition) is 1. The zero-order valence-corrected chi connectivity index (χ0v) is 13.6. The summed E-state index contributed by atoms with van der Waals surface area (Å²) in [6.07, 6.45) is -5.63. The number of hydrogen-bond acceptors (Lipinski definition) is 5. The molecular weight excluding hydrogens is 378 g/mol. The molecule has 0 aliphatic heterocycles. The van der Waals surface area contributed by atoms with Crippen LogP contribution in [0.1, 0.15) is 11.9 Å². The van der Waals surface area contributed by atoms with Crippen molar-refractivity contribution < 1.29 is 22.7 Å². The second-order valence-corrected chi connectivity index (χ2v) is 6.06. The summed E-state index contributed by atoms with van der Waals surface area (Å²) in [6, 6.07) is 4.43. The van der Waals surface area contributed by atoms with Crippen LogP contribution in [-0.4, -0.2) is 22.2 Å². The molecule has 11 heteroatoms. The number of carbonyl (C=O) groups excluding carboxylic acids is 1. The third-order valence-electron chi connectivity index (χ3n) is 2.46. The zero-order chi connectivity index (χ0) is 17.2. The number of anilines is 1. The van der Waals surface area contributed by atoms with Gasteiger partial charge in [-0.15, -0.1) is 10.2 Å². The number of nitrogens with zero attached hydrogens (tertiary/aromatic N) is 2. The number of benzene rings is 1. The first-order valence-corrected chi connectivity index (χ1v) is 7.57. The third kappa shape index (κ3) is 4.69. The zero-order valence-electron chi connectivity index (χ0n) is 11.3. The fraction of sp³-hybridized carbons (Fsp3) is 0.250. The predicted octanol–water partition coefficient (Wildman–Crippen LogP) is 4.27. The first kappa shape index (κ1) is 17.8. The second-order valence-electron chi connectivity index (χ2n) is 4.23. The SMILES string of the molecule is C[C@@H](Oc1ccc(Cl)cc1Cl)C(=O)Nc1nnc(C(F)(F)F)s1. The molecule has 0 spiro atoms. The molecule has 1 aromatic heterocycles. The average molecular weight is 386 g/mol. The van der Waals surface area contributed by atoms with E-state index in [-0.39, 0.29) is 27.2 Å². The highest BCUT2D eigenvalue weighted by molar-refractivity contribution is 7.15. The summed E-state index contributed by atoms with van der Waals surface area (Å²) in [5.41, 5.74) is 0. The van der Waals surface area contributed by atoms with Gasteiger partial charge in [0.05, 0.1) is 5.02 Å². The molecule has 0 aliphatic rings.